The summed E-state index contributed by atoms with van der Waals surface area (Å²) in [6.45, 7) is 7.56. The van der Waals surface area contributed by atoms with Crippen molar-refractivity contribution in [2.24, 2.45) is 5.92 Å². The summed E-state index contributed by atoms with van der Waals surface area (Å²) in [4.78, 5) is 25.0. The molecule has 31 heavy (non-hydrogen) atoms. The molecule has 0 aliphatic heterocycles. The van der Waals surface area contributed by atoms with Crippen LogP contribution in [0, 0.1) is 5.92 Å². The smallest absolute Gasteiger partial charge is 0.336 e. The molecular formula is C26H32N2O3. The quantitative estimate of drug-likeness (QED) is 0.474. The van der Waals surface area contributed by atoms with Gasteiger partial charge in [0.2, 0.25) is 0 Å². The van der Waals surface area contributed by atoms with Crippen molar-refractivity contribution in [2.45, 2.75) is 59.5 Å². The Hall–Kier alpha value is -3.08. The fourth-order valence-corrected chi connectivity index (χ4v) is 3.80. The fraction of sp³-hybridized carbons (Fsp3) is 0.385. The molecule has 0 saturated carbocycles. The number of unbranched alkanes of at least 4 members (excludes halogenated alkanes) is 1. The molecule has 164 valence electrons. The first-order valence-electron chi connectivity index (χ1n) is 11.1. The average molecular weight is 421 g/mol. The summed E-state index contributed by atoms with van der Waals surface area (Å²) in [5, 5.41) is 9.80. The molecule has 0 saturated heterocycles. The van der Waals surface area contributed by atoms with Gasteiger partial charge in [-0.05, 0) is 47.9 Å². The lowest BCUT2D eigenvalue weighted by Gasteiger charge is -2.12. The number of hydrogen-bond acceptors (Lipinski definition) is 2. The van der Waals surface area contributed by atoms with Gasteiger partial charge in [0.1, 0.15) is 0 Å². The Balaban J connectivity index is 1.97. The van der Waals surface area contributed by atoms with Crippen LogP contribution in [0.15, 0.2) is 59.5 Å². The van der Waals surface area contributed by atoms with E-state index in [1.807, 2.05) is 48.7 Å². The van der Waals surface area contributed by atoms with Crippen molar-refractivity contribution >= 4 is 5.97 Å². The molecule has 0 fully saturated rings. The number of carbonyl (C=O) groups is 1. The van der Waals surface area contributed by atoms with Gasteiger partial charge in [-0.2, -0.15) is 0 Å². The van der Waals surface area contributed by atoms with E-state index < -0.39 is 5.97 Å². The number of aryl methyl sites for hydroxylation is 2. The van der Waals surface area contributed by atoms with Crippen LogP contribution in [0.2, 0.25) is 0 Å². The van der Waals surface area contributed by atoms with E-state index >= 15 is 0 Å². The molecule has 3 rings (SSSR count). The number of rotatable bonds is 10. The van der Waals surface area contributed by atoms with Crippen LogP contribution in [0.1, 0.15) is 61.6 Å². The third-order valence-corrected chi connectivity index (χ3v) is 5.60. The minimum Gasteiger partial charge on any atom is -0.478 e. The number of nitrogens with zero attached hydrogens (tertiary/aromatic N) is 2. The summed E-state index contributed by atoms with van der Waals surface area (Å²) in [5.41, 5.74) is 3.62. The van der Waals surface area contributed by atoms with Crippen molar-refractivity contribution < 1.29 is 9.90 Å². The zero-order valence-corrected chi connectivity index (χ0v) is 18.7. The molecular weight excluding hydrogens is 388 g/mol. The highest BCUT2D eigenvalue weighted by Gasteiger charge is 2.16. The van der Waals surface area contributed by atoms with Gasteiger partial charge in [-0.25, -0.2) is 9.59 Å². The maximum absolute atomic E-state index is 13.1. The highest BCUT2D eigenvalue weighted by molar-refractivity contribution is 5.96. The molecule has 5 nitrogen and oxygen atoms in total. The second-order valence-electron chi connectivity index (χ2n) is 8.52. The number of carboxylic acids is 1. The van der Waals surface area contributed by atoms with Crippen molar-refractivity contribution in [1.29, 1.82) is 0 Å². The van der Waals surface area contributed by atoms with Crippen molar-refractivity contribution in [3.63, 3.8) is 0 Å². The molecule has 0 unspecified atom stereocenters. The van der Waals surface area contributed by atoms with Crippen LogP contribution in [0.25, 0.3) is 11.1 Å². The lowest BCUT2D eigenvalue weighted by molar-refractivity contribution is 0.0697. The van der Waals surface area contributed by atoms with Crippen molar-refractivity contribution in [2.75, 3.05) is 0 Å². The highest BCUT2D eigenvalue weighted by atomic mass is 16.4. The summed E-state index contributed by atoms with van der Waals surface area (Å²) in [6.07, 6.45) is 5.81. The fourth-order valence-electron chi connectivity index (χ4n) is 3.80. The first-order chi connectivity index (χ1) is 14.9. The monoisotopic (exact) mass is 420 g/mol. The molecule has 5 heteroatoms. The number of hydrogen-bond donors (Lipinski definition) is 1. The van der Waals surface area contributed by atoms with Crippen LogP contribution in [0.3, 0.4) is 0 Å². The Morgan fingerprint density at radius 2 is 1.84 bits per heavy atom. The van der Waals surface area contributed by atoms with Crippen LogP contribution in [0.4, 0.5) is 0 Å². The first-order valence-corrected chi connectivity index (χ1v) is 11.1. The lowest BCUT2D eigenvalue weighted by atomic mass is 9.97. The Morgan fingerprint density at radius 3 is 2.48 bits per heavy atom. The molecule has 0 radical (unpaired) electrons. The molecule has 0 atom stereocenters. The Morgan fingerprint density at radius 1 is 1.10 bits per heavy atom. The molecule has 1 aromatic heterocycles. The minimum atomic E-state index is -0.964. The van der Waals surface area contributed by atoms with Gasteiger partial charge in [0.25, 0.3) is 0 Å². The van der Waals surface area contributed by atoms with E-state index in [2.05, 4.69) is 20.8 Å². The molecule has 3 aromatic rings. The average Bonchev–Trinajstić information content (AvgIpc) is 3.05. The molecule has 0 bridgehead atoms. The largest absolute Gasteiger partial charge is 0.478 e. The van der Waals surface area contributed by atoms with Gasteiger partial charge in [-0.1, -0.05) is 69.7 Å². The summed E-state index contributed by atoms with van der Waals surface area (Å²) in [7, 11) is 0. The van der Waals surface area contributed by atoms with Gasteiger partial charge >= 0.3 is 11.7 Å². The van der Waals surface area contributed by atoms with E-state index in [1.54, 1.807) is 15.2 Å². The first kappa shape index (κ1) is 22.6. The second kappa shape index (κ2) is 10.3. The number of benzene rings is 2. The zero-order chi connectivity index (χ0) is 22.4. The van der Waals surface area contributed by atoms with Crippen LogP contribution >= 0.6 is 0 Å². The number of aromatic carboxylic acids is 1. The van der Waals surface area contributed by atoms with E-state index in [4.69, 9.17) is 0 Å². The van der Waals surface area contributed by atoms with Crippen LogP contribution in [-0.2, 0) is 19.5 Å². The molecule has 1 heterocycles. The van der Waals surface area contributed by atoms with E-state index in [0.717, 1.165) is 42.5 Å². The van der Waals surface area contributed by atoms with E-state index in [-0.39, 0.29) is 11.3 Å². The van der Waals surface area contributed by atoms with Crippen molar-refractivity contribution in [1.82, 2.24) is 9.13 Å². The molecule has 0 aliphatic carbocycles. The predicted octanol–water partition coefficient (Wildman–Crippen LogP) is 5.45. The van der Waals surface area contributed by atoms with Crippen LogP contribution in [0.5, 0.6) is 0 Å². The maximum atomic E-state index is 13.1. The normalized spacial score (nSPS) is 11.2. The minimum absolute atomic E-state index is 0.0174. The van der Waals surface area contributed by atoms with Gasteiger partial charge in [0.15, 0.2) is 0 Å². The summed E-state index contributed by atoms with van der Waals surface area (Å²) >= 11 is 0. The van der Waals surface area contributed by atoms with Crippen molar-refractivity contribution in [3.05, 3.63) is 82.0 Å². The third-order valence-electron chi connectivity index (χ3n) is 5.60. The summed E-state index contributed by atoms with van der Waals surface area (Å²) < 4.78 is 3.61. The van der Waals surface area contributed by atoms with Gasteiger partial charge in [-0.3, -0.25) is 9.13 Å². The molecule has 2 aromatic carbocycles. The SMILES string of the molecule is CCCCn1cc(CCC(C)C)n(Cc2ccc(-c3ccccc3)c(C(=O)O)c2)c1=O. The van der Waals surface area contributed by atoms with Gasteiger partial charge in [0, 0.05) is 18.4 Å². The van der Waals surface area contributed by atoms with E-state index in [0.29, 0.717) is 24.6 Å². The van der Waals surface area contributed by atoms with Crippen LogP contribution in [-0.4, -0.2) is 20.2 Å². The maximum Gasteiger partial charge on any atom is 0.336 e. The van der Waals surface area contributed by atoms with Crippen molar-refractivity contribution in [3.8, 4) is 11.1 Å². The Kier molecular flexibility index (Phi) is 7.50. The standard InChI is InChI=1S/C26H32N2O3/c1-4-5-15-27-18-22(13-11-19(2)3)28(26(27)31)17-20-12-14-23(24(16-20)25(29)30)21-9-7-6-8-10-21/h6-10,12,14,16,18-19H,4-5,11,13,15,17H2,1-3H3,(H,29,30). The number of aromatic nitrogens is 2. The van der Waals surface area contributed by atoms with Crippen LogP contribution < -0.4 is 5.69 Å². The van der Waals surface area contributed by atoms with Gasteiger partial charge in [0.05, 0.1) is 12.1 Å². The summed E-state index contributed by atoms with van der Waals surface area (Å²) in [6, 6.07) is 15.0. The predicted molar refractivity (Wildman–Crippen MR) is 125 cm³/mol. The molecule has 0 aliphatic rings. The van der Waals surface area contributed by atoms with E-state index in [1.165, 1.54) is 0 Å². The second-order valence-corrected chi connectivity index (χ2v) is 8.52. The molecule has 0 spiro atoms. The lowest BCUT2D eigenvalue weighted by Crippen LogP contribution is -2.26. The van der Waals surface area contributed by atoms with Gasteiger partial charge in [-0.15, -0.1) is 0 Å². The number of carboxylic acid groups (broad SMARTS) is 1. The zero-order valence-electron chi connectivity index (χ0n) is 18.7. The molecule has 0 amide bonds. The summed E-state index contributed by atoms with van der Waals surface area (Å²) in [5.74, 6) is -0.417. The van der Waals surface area contributed by atoms with Gasteiger partial charge < -0.3 is 5.11 Å². The highest BCUT2D eigenvalue weighted by Crippen LogP contribution is 2.25. The Labute approximate surface area is 184 Å². The number of imidazole rings is 1. The Bertz CT molecular complexity index is 1080. The van der Waals surface area contributed by atoms with E-state index in [9.17, 15) is 14.7 Å². The topological polar surface area (TPSA) is 64.2 Å². The third kappa shape index (κ3) is 5.54. The molecule has 1 N–H and O–H groups in total.